The molecule has 1 amide bonds. The molecule has 0 aliphatic heterocycles. The van der Waals surface area contributed by atoms with E-state index in [1.165, 1.54) is 0 Å². The van der Waals surface area contributed by atoms with Gasteiger partial charge in [-0.3, -0.25) is 4.79 Å². The molecule has 0 aliphatic carbocycles. The second kappa shape index (κ2) is 7.01. The van der Waals surface area contributed by atoms with Crippen LogP contribution in [0.4, 0.5) is 0 Å². The van der Waals surface area contributed by atoms with Gasteiger partial charge in [-0.15, -0.1) is 0 Å². The van der Waals surface area contributed by atoms with E-state index in [1.54, 1.807) is 0 Å². The van der Waals surface area contributed by atoms with Crippen LogP contribution in [-0.4, -0.2) is 31.1 Å². The van der Waals surface area contributed by atoms with Crippen molar-refractivity contribution in [1.82, 2.24) is 10.6 Å². The lowest BCUT2D eigenvalue weighted by Gasteiger charge is -2.24. The molecule has 1 aromatic rings. The first kappa shape index (κ1) is 14.5. The summed E-state index contributed by atoms with van der Waals surface area (Å²) in [6.07, 6.45) is 0. The van der Waals surface area contributed by atoms with Crippen LogP contribution in [0.3, 0.4) is 0 Å². The Labute approximate surface area is 109 Å². The third-order valence-electron chi connectivity index (χ3n) is 2.59. The van der Waals surface area contributed by atoms with E-state index < -0.39 is 5.54 Å². The molecule has 4 nitrogen and oxygen atoms in total. The van der Waals surface area contributed by atoms with Gasteiger partial charge >= 0.3 is 0 Å². The second-order valence-corrected chi connectivity index (χ2v) is 4.57. The summed E-state index contributed by atoms with van der Waals surface area (Å²) in [4.78, 5) is 11.8. The predicted octanol–water partition coefficient (Wildman–Crippen LogP) is 1.57. The van der Waals surface area contributed by atoms with Crippen LogP contribution >= 0.6 is 0 Å². The average Bonchev–Trinajstić information content (AvgIpc) is 2.35. The van der Waals surface area contributed by atoms with Gasteiger partial charge in [-0.1, -0.05) is 25.1 Å². The molecule has 4 heteroatoms. The fraction of sp³-hybridized carbons (Fsp3) is 0.500. The highest BCUT2D eigenvalue weighted by atomic mass is 16.5. The number of rotatable bonds is 7. The van der Waals surface area contributed by atoms with Crippen molar-refractivity contribution in [3.8, 4) is 5.75 Å². The maximum atomic E-state index is 11.8. The van der Waals surface area contributed by atoms with E-state index in [0.717, 1.165) is 12.3 Å². The van der Waals surface area contributed by atoms with Gasteiger partial charge in [0.15, 0.2) is 0 Å². The van der Waals surface area contributed by atoms with Gasteiger partial charge in [0.1, 0.15) is 12.4 Å². The summed E-state index contributed by atoms with van der Waals surface area (Å²) in [7, 11) is 0. The Hall–Kier alpha value is -1.55. The van der Waals surface area contributed by atoms with Gasteiger partial charge in [-0.2, -0.15) is 0 Å². The van der Waals surface area contributed by atoms with Crippen molar-refractivity contribution >= 4 is 5.91 Å². The Kier molecular flexibility index (Phi) is 5.65. The average molecular weight is 250 g/mol. The highest BCUT2D eigenvalue weighted by Crippen LogP contribution is 2.07. The first-order chi connectivity index (χ1) is 8.56. The lowest BCUT2D eigenvalue weighted by Crippen LogP contribution is -2.53. The summed E-state index contributed by atoms with van der Waals surface area (Å²) in [5, 5.41) is 5.98. The molecule has 1 aromatic carbocycles. The van der Waals surface area contributed by atoms with Gasteiger partial charge in [-0.25, -0.2) is 0 Å². The van der Waals surface area contributed by atoms with Gasteiger partial charge in [0.2, 0.25) is 5.91 Å². The topological polar surface area (TPSA) is 50.4 Å². The molecule has 0 fully saturated rings. The van der Waals surface area contributed by atoms with E-state index >= 15 is 0 Å². The number of para-hydroxylation sites is 1. The normalized spacial score (nSPS) is 11.1. The van der Waals surface area contributed by atoms with Crippen LogP contribution < -0.4 is 15.4 Å². The van der Waals surface area contributed by atoms with Crippen molar-refractivity contribution in [2.75, 3.05) is 19.7 Å². The Bertz CT molecular complexity index is 363. The summed E-state index contributed by atoms with van der Waals surface area (Å²) in [6.45, 7) is 7.45. The largest absolute Gasteiger partial charge is 0.492 e. The number of carbonyl (C=O) groups excluding carboxylic acids is 1. The van der Waals surface area contributed by atoms with Crippen molar-refractivity contribution in [2.24, 2.45) is 0 Å². The summed E-state index contributed by atoms with van der Waals surface area (Å²) in [5.41, 5.74) is -0.540. The van der Waals surface area contributed by atoms with E-state index in [2.05, 4.69) is 10.6 Å². The Morgan fingerprint density at radius 3 is 2.56 bits per heavy atom. The number of ether oxygens (including phenoxy) is 1. The quantitative estimate of drug-likeness (QED) is 0.722. The molecule has 1 rings (SSSR count). The molecular weight excluding hydrogens is 228 g/mol. The van der Waals surface area contributed by atoms with Gasteiger partial charge in [0, 0.05) is 0 Å². The fourth-order valence-electron chi connectivity index (χ4n) is 1.59. The highest BCUT2D eigenvalue weighted by molar-refractivity contribution is 5.85. The minimum atomic E-state index is -0.540. The van der Waals surface area contributed by atoms with Gasteiger partial charge < -0.3 is 15.4 Å². The van der Waals surface area contributed by atoms with Crippen LogP contribution in [-0.2, 0) is 4.79 Å². The van der Waals surface area contributed by atoms with Crippen molar-refractivity contribution in [3.05, 3.63) is 30.3 Å². The maximum Gasteiger partial charge on any atom is 0.239 e. The molecular formula is C14H22N2O2. The van der Waals surface area contributed by atoms with Gasteiger partial charge in [0.25, 0.3) is 0 Å². The molecule has 0 aromatic heterocycles. The summed E-state index contributed by atoms with van der Waals surface area (Å²) in [6, 6.07) is 9.56. The Balaban J connectivity index is 2.24. The lowest BCUT2D eigenvalue weighted by atomic mass is 10.1. The van der Waals surface area contributed by atoms with Crippen LogP contribution in [0.1, 0.15) is 20.8 Å². The number of likely N-dealkylation sites (N-methyl/N-ethyl adjacent to an activating group) is 1. The molecule has 2 N–H and O–H groups in total. The zero-order chi connectivity index (χ0) is 13.4. The van der Waals surface area contributed by atoms with Crippen molar-refractivity contribution in [3.63, 3.8) is 0 Å². The predicted molar refractivity (Wildman–Crippen MR) is 72.7 cm³/mol. The SMILES string of the molecule is CCNC(C)(C)C(=O)NCCOc1ccccc1. The molecule has 0 bridgehead atoms. The molecule has 100 valence electrons. The summed E-state index contributed by atoms with van der Waals surface area (Å²) >= 11 is 0. The first-order valence-electron chi connectivity index (χ1n) is 6.27. The maximum absolute atomic E-state index is 11.8. The number of hydrogen-bond acceptors (Lipinski definition) is 3. The van der Waals surface area contributed by atoms with E-state index in [1.807, 2.05) is 51.1 Å². The second-order valence-electron chi connectivity index (χ2n) is 4.57. The molecule has 0 heterocycles. The Morgan fingerprint density at radius 1 is 1.28 bits per heavy atom. The molecule has 0 aliphatic rings. The summed E-state index contributed by atoms with van der Waals surface area (Å²) in [5.74, 6) is 0.804. The number of amides is 1. The Morgan fingerprint density at radius 2 is 1.94 bits per heavy atom. The lowest BCUT2D eigenvalue weighted by molar-refractivity contribution is -0.126. The minimum Gasteiger partial charge on any atom is -0.492 e. The van der Waals surface area contributed by atoms with Crippen molar-refractivity contribution < 1.29 is 9.53 Å². The number of hydrogen-bond donors (Lipinski definition) is 2. The van der Waals surface area contributed by atoms with Crippen LogP contribution in [0, 0.1) is 0 Å². The van der Waals surface area contributed by atoms with E-state index in [9.17, 15) is 4.79 Å². The summed E-state index contributed by atoms with van der Waals surface area (Å²) < 4.78 is 5.49. The standard InChI is InChI=1S/C14H22N2O2/c1-4-16-14(2,3)13(17)15-10-11-18-12-8-6-5-7-9-12/h5-9,16H,4,10-11H2,1-3H3,(H,15,17). The number of carbonyl (C=O) groups is 1. The zero-order valence-corrected chi connectivity index (χ0v) is 11.3. The third-order valence-corrected chi connectivity index (χ3v) is 2.59. The third kappa shape index (κ3) is 4.75. The van der Waals surface area contributed by atoms with Crippen molar-refractivity contribution in [1.29, 1.82) is 0 Å². The van der Waals surface area contributed by atoms with Crippen LogP contribution in [0.25, 0.3) is 0 Å². The molecule has 0 spiro atoms. The minimum absolute atomic E-state index is 0.0130. The van der Waals surface area contributed by atoms with Crippen LogP contribution in [0.15, 0.2) is 30.3 Å². The monoisotopic (exact) mass is 250 g/mol. The molecule has 0 radical (unpaired) electrons. The molecule has 0 unspecified atom stereocenters. The molecule has 0 atom stereocenters. The highest BCUT2D eigenvalue weighted by Gasteiger charge is 2.25. The van der Waals surface area contributed by atoms with Gasteiger partial charge in [0.05, 0.1) is 12.1 Å². The molecule has 0 saturated carbocycles. The number of benzene rings is 1. The first-order valence-corrected chi connectivity index (χ1v) is 6.27. The fourth-order valence-corrected chi connectivity index (χ4v) is 1.59. The van der Waals surface area contributed by atoms with E-state index in [4.69, 9.17) is 4.74 Å². The number of nitrogens with one attached hydrogen (secondary N) is 2. The van der Waals surface area contributed by atoms with Crippen molar-refractivity contribution in [2.45, 2.75) is 26.3 Å². The van der Waals surface area contributed by atoms with E-state index in [0.29, 0.717) is 13.2 Å². The smallest absolute Gasteiger partial charge is 0.239 e. The molecule has 18 heavy (non-hydrogen) atoms. The van der Waals surface area contributed by atoms with Crippen LogP contribution in [0.2, 0.25) is 0 Å². The van der Waals surface area contributed by atoms with Crippen LogP contribution in [0.5, 0.6) is 5.75 Å². The zero-order valence-electron chi connectivity index (χ0n) is 11.3. The van der Waals surface area contributed by atoms with Gasteiger partial charge in [-0.05, 0) is 32.5 Å². The molecule has 0 saturated heterocycles. The van der Waals surface area contributed by atoms with E-state index in [-0.39, 0.29) is 5.91 Å².